The first-order chi connectivity index (χ1) is 18.2. The zero-order valence-electron chi connectivity index (χ0n) is 20.8. The number of anilines is 2. The molecule has 198 valence electrons. The van der Waals surface area contributed by atoms with Crippen molar-refractivity contribution in [3.63, 3.8) is 0 Å². The molecule has 5 rings (SSSR count). The second kappa shape index (κ2) is 10.4. The van der Waals surface area contributed by atoms with Crippen LogP contribution in [0, 0.1) is 12.7 Å². The third-order valence-corrected chi connectivity index (χ3v) is 7.56. The number of ether oxygens (including phenoxy) is 3. The molecule has 0 spiro atoms. The third-order valence-electron chi connectivity index (χ3n) is 6.18. The molecule has 3 heterocycles. The minimum Gasteiger partial charge on any atom is -0.488 e. The number of fused-ring (bicyclic) bond motifs is 1. The Morgan fingerprint density at radius 3 is 2.53 bits per heavy atom. The Labute approximate surface area is 219 Å². The molecule has 12 heteroatoms. The molecule has 0 saturated carbocycles. The molecule has 10 nitrogen and oxygen atoms in total. The van der Waals surface area contributed by atoms with Crippen molar-refractivity contribution >= 4 is 32.6 Å². The fraction of sp³-hybridized carbons (Fsp3) is 0.269. The van der Waals surface area contributed by atoms with E-state index < -0.39 is 15.8 Å². The van der Waals surface area contributed by atoms with Crippen molar-refractivity contribution in [2.45, 2.75) is 30.8 Å². The van der Waals surface area contributed by atoms with Crippen molar-refractivity contribution in [1.29, 1.82) is 0 Å². The number of rotatable bonds is 7. The van der Waals surface area contributed by atoms with Gasteiger partial charge in [-0.05, 0) is 55.0 Å². The van der Waals surface area contributed by atoms with Crippen LogP contribution < -0.4 is 19.9 Å². The van der Waals surface area contributed by atoms with Crippen LogP contribution in [0.4, 0.5) is 16.0 Å². The minimum absolute atomic E-state index is 0.0502. The van der Waals surface area contributed by atoms with Crippen molar-refractivity contribution < 1.29 is 27.0 Å². The number of nitrogens with one attached hydrogen (secondary N) is 1. The monoisotopic (exact) mass is 539 g/mol. The third kappa shape index (κ3) is 5.31. The maximum absolute atomic E-state index is 13.3. The molecule has 38 heavy (non-hydrogen) atoms. The zero-order valence-corrected chi connectivity index (χ0v) is 21.6. The maximum Gasteiger partial charge on any atom is 0.262 e. The van der Waals surface area contributed by atoms with Crippen LogP contribution in [0.15, 0.2) is 53.6 Å². The van der Waals surface area contributed by atoms with Crippen LogP contribution in [0.2, 0.25) is 0 Å². The summed E-state index contributed by atoms with van der Waals surface area (Å²) in [6.45, 7) is 3.05. The number of aryl methyl sites for hydroxylation is 1. The largest absolute Gasteiger partial charge is 0.488 e. The van der Waals surface area contributed by atoms with Crippen molar-refractivity contribution in [1.82, 2.24) is 15.0 Å². The zero-order chi connectivity index (χ0) is 26.9. The van der Waals surface area contributed by atoms with Crippen LogP contribution >= 0.6 is 0 Å². The Balaban J connectivity index is 1.58. The van der Waals surface area contributed by atoms with E-state index in [-0.39, 0.29) is 28.5 Å². The van der Waals surface area contributed by atoms with Gasteiger partial charge in [0.25, 0.3) is 10.0 Å². The standard InChI is InChI=1S/C26H26FN5O5S/c1-15-21-11-16(13-23(24(21)31-26(28)30-15)37-19-7-9-36-10-8-19)17-12-22(25(35-2)29-14-17)32-38(33,34)20-5-3-18(27)4-6-20/h3-6,11-14,19,32H,7-10H2,1-2H3,(H2,28,30,31). The van der Waals surface area contributed by atoms with E-state index in [9.17, 15) is 12.8 Å². The molecule has 1 fully saturated rings. The Hall–Kier alpha value is -4.03. The van der Waals surface area contributed by atoms with Crippen molar-refractivity contribution in [3.8, 4) is 22.8 Å². The molecular weight excluding hydrogens is 513 g/mol. The van der Waals surface area contributed by atoms with E-state index in [0.29, 0.717) is 41.3 Å². The lowest BCUT2D eigenvalue weighted by molar-refractivity contribution is 0.0261. The lowest BCUT2D eigenvalue weighted by Crippen LogP contribution is -2.26. The number of nitrogens with zero attached hydrogens (tertiary/aromatic N) is 3. The molecule has 4 aromatic rings. The normalized spacial score (nSPS) is 14.4. The van der Waals surface area contributed by atoms with E-state index in [1.54, 1.807) is 12.3 Å². The Kier molecular flexibility index (Phi) is 7.00. The van der Waals surface area contributed by atoms with E-state index in [4.69, 9.17) is 19.9 Å². The highest BCUT2D eigenvalue weighted by Gasteiger charge is 2.21. The molecule has 0 unspecified atom stereocenters. The first kappa shape index (κ1) is 25.6. The number of methoxy groups -OCH3 is 1. The van der Waals surface area contributed by atoms with E-state index in [0.717, 1.165) is 30.4 Å². The average molecular weight is 540 g/mol. The number of pyridine rings is 1. The summed E-state index contributed by atoms with van der Waals surface area (Å²) in [6, 6.07) is 9.82. The number of hydrogen-bond acceptors (Lipinski definition) is 9. The van der Waals surface area contributed by atoms with E-state index in [2.05, 4.69) is 19.7 Å². The summed E-state index contributed by atoms with van der Waals surface area (Å²) < 4.78 is 58.9. The smallest absolute Gasteiger partial charge is 0.262 e. The fourth-order valence-corrected chi connectivity index (χ4v) is 5.31. The van der Waals surface area contributed by atoms with Crippen LogP contribution in [0.5, 0.6) is 11.6 Å². The predicted octanol–water partition coefficient (Wildman–Crippen LogP) is 4.09. The van der Waals surface area contributed by atoms with Gasteiger partial charge in [-0.25, -0.2) is 27.8 Å². The van der Waals surface area contributed by atoms with Gasteiger partial charge in [-0.3, -0.25) is 4.72 Å². The van der Waals surface area contributed by atoms with E-state index in [1.807, 2.05) is 19.1 Å². The molecular formula is C26H26FN5O5S. The average Bonchev–Trinajstić information content (AvgIpc) is 2.89. The summed E-state index contributed by atoms with van der Waals surface area (Å²) >= 11 is 0. The summed E-state index contributed by atoms with van der Waals surface area (Å²) in [7, 11) is -2.65. The lowest BCUT2D eigenvalue weighted by atomic mass is 10.0. The van der Waals surface area contributed by atoms with Crippen LogP contribution in [-0.2, 0) is 14.8 Å². The molecule has 0 radical (unpaired) electrons. The van der Waals surface area contributed by atoms with Crippen LogP contribution in [0.1, 0.15) is 18.5 Å². The van der Waals surface area contributed by atoms with Crippen molar-refractivity contribution in [2.24, 2.45) is 0 Å². The summed E-state index contributed by atoms with van der Waals surface area (Å²) in [6.07, 6.45) is 3.00. The van der Waals surface area contributed by atoms with Gasteiger partial charge in [-0.1, -0.05) is 0 Å². The molecule has 1 aliphatic rings. The van der Waals surface area contributed by atoms with Crippen LogP contribution in [0.25, 0.3) is 22.0 Å². The molecule has 0 bridgehead atoms. The summed E-state index contributed by atoms with van der Waals surface area (Å²) in [5.41, 5.74) is 8.61. The Bertz CT molecular complexity index is 1590. The second-order valence-electron chi connectivity index (χ2n) is 8.81. The van der Waals surface area contributed by atoms with Gasteiger partial charge in [0.05, 0.1) is 30.9 Å². The quantitative estimate of drug-likeness (QED) is 0.355. The number of halogens is 1. The van der Waals surface area contributed by atoms with Gasteiger partial charge in [0.2, 0.25) is 11.8 Å². The second-order valence-corrected chi connectivity index (χ2v) is 10.5. The number of nitrogen functional groups attached to an aromatic ring is 1. The van der Waals surface area contributed by atoms with Crippen LogP contribution in [-0.4, -0.2) is 49.8 Å². The van der Waals surface area contributed by atoms with Gasteiger partial charge in [-0.2, -0.15) is 0 Å². The SMILES string of the molecule is COc1ncc(-c2cc(OC3CCOCC3)c3nc(N)nc(C)c3c2)cc1NS(=O)(=O)c1ccc(F)cc1. The topological polar surface area (TPSA) is 139 Å². The van der Waals surface area contributed by atoms with E-state index >= 15 is 0 Å². The number of hydrogen-bond donors (Lipinski definition) is 2. The highest BCUT2D eigenvalue weighted by atomic mass is 32.2. The number of aromatic nitrogens is 3. The Morgan fingerprint density at radius 2 is 1.82 bits per heavy atom. The summed E-state index contributed by atoms with van der Waals surface area (Å²) in [4.78, 5) is 12.9. The van der Waals surface area contributed by atoms with Crippen molar-refractivity contribution in [2.75, 3.05) is 30.8 Å². The highest BCUT2D eigenvalue weighted by molar-refractivity contribution is 7.92. The number of benzene rings is 2. The first-order valence-electron chi connectivity index (χ1n) is 11.9. The van der Waals surface area contributed by atoms with E-state index in [1.165, 1.54) is 19.2 Å². The molecule has 0 aliphatic carbocycles. The minimum atomic E-state index is -4.04. The molecule has 0 atom stereocenters. The molecule has 1 aliphatic heterocycles. The van der Waals surface area contributed by atoms with Gasteiger partial charge >= 0.3 is 0 Å². The fourth-order valence-electron chi connectivity index (χ4n) is 4.26. The number of nitrogens with two attached hydrogens (primary N) is 1. The first-order valence-corrected chi connectivity index (χ1v) is 13.4. The molecule has 1 saturated heterocycles. The van der Waals surface area contributed by atoms with Gasteiger partial charge in [0.15, 0.2) is 0 Å². The van der Waals surface area contributed by atoms with Gasteiger partial charge < -0.3 is 19.9 Å². The highest BCUT2D eigenvalue weighted by Crippen LogP contribution is 2.37. The Morgan fingerprint density at radius 1 is 1.08 bits per heavy atom. The summed E-state index contributed by atoms with van der Waals surface area (Å²) in [5, 5.41) is 0.739. The van der Waals surface area contributed by atoms with Crippen molar-refractivity contribution in [3.05, 3.63) is 60.2 Å². The van der Waals surface area contributed by atoms with Gasteiger partial charge in [0.1, 0.15) is 28.9 Å². The molecule has 3 N–H and O–H groups in total. The maximum atomic E-state index is 13.3. The van der Waals surface area contributed by atoms with Crippen LogP contribution in [0.3, 0.4) is 0 Å². The molecule has 2 aromatic heterocycles. The van der Waals surface area contributed by atoms with Gasteiger partial charge in [0, 0.05) is 30.0 Å². The lowest BCUT2D eigenvalue weighted by Gasteiger charge is -2.24. The molecule has 2 aromatic carbocycles. The predicted molar refractivity (Wildman–Crippen MR) is 140 cm³/mol. The van der Waals surface area contributed by atoms with Gasteiger partial charge in [-0.15, -0.1) is 0 Å². The summed E-state index contributed by atoms with van der Waals surface area (Å²) in [5.74, 6) is 0.210. The number of sulfonamides is 1. The molecule has 0 amide bonds.